The molecular weight excluding hydrogens is 469 g/mol. The number of carbonyl (C=O) groups is 1. The van der Waals surface area contributed by atoms with Crippen molar-refractivity contribution >= 4 is 45.3 Å². The SMILES string of the molecule is Cc1ccc(NC(=O)c2cccc(C(F)(F)F)c2)cc1Nc1nn(C)c2nc([S+](C)[O-])ncc12. The van der Waals surface area contributed by atoms with Crippen LogP contribution in [0, 0.1) is 6.92 Å². The lowest BCUT2D eigenvalue weighted by Crippen LogP contribution is -2.14. The van der Waals surface area contributed by atoms with Crippen molar-refractivity contribution in [2.24, 2.45) is 7.05 Å². The Morgan fingerprint density at radius 3 is 2.65 bits per heavy atom. The summed E-state index contributed by atoms with van der Waals surface area (Å²) < 4.78 is 52.1. The van der Waals surface area contributed by atoms with Gasteiger partial charge < -0.3 is 15.2 Å². The first kappa shape index (κ1) is 23.5. The molecule has 0 aliphatic rings. The van der Waals surface area contributed by atoms with Gasteiger partial charge in [-0.15, -0.1) is 0 Å². The van der Waals surface area contributed by atoms with E-state index < -0.39 is 28.8 Å². The topological polar surface area (TPSA) is 108 Å². The molecule has 0 aliphatic heterocycles. The lowest BCUT2D eigenvalue weighted by Gasteiger charge is -2.12. The Kier molecular flexibility index (Phi) is 6.19. The Morgan fingerprint density at radius 2 is 1.94 bits per heavy atom. The zero-order valence-electron chi connectivity index (χ0n) is 18.3. The lowest BCUT2D eigenvalue weighted by atomic mass is 10.1. The van der Waals surface area contributed by atoms with E-state index >= 15 is 0 Å². The molecule has 2 N–H and O–H groups in total. The van der Waals surface area contributed by atoms with E-state index in [-0.39, 0.29) is 10.7 Å². The number of fused-ring (bicyclic) bond motifs is 1. The lowest BCUT2D eigenvalue weighted by molar-refractivity contribution is -0.137. The van der Waals surface area contributed by atoms with Crippen LogP contribution < -0.4 is 10.6 Å². The van der Waals surface area contributed by atoms with Crippen molar-refractivity contribution < 1.29 is 22.5 Å². The number of carbonyl (C=O) groups excluding carboxylic acids is 1. The van der Waals surface area contributed by atoms with Crippen LogP contribution in [-0.2, 0) is 24.4 Å². The molecule has 1 amide bonds. The number of benzene rings is 2. The predicted octanol–water partition coefficient (Wildman–Crippen LogP) is 4.42. The number of nitrogens with zero attached hydrogens (tertiary/aromatic N) is 4. The normalized spacial score (nSPS) is 12.6. The molecule has 4 aromatic rings. The third kappa shape index (κ3) is 4.82. The van der Waals surface area contributed by atoms with Gasteiger partial charge >= 0.3 is 11.3 Å². The van der Waals surface area contributed by atoms with Gasteiger partial charge in [-0.2, -0.15) is 28.2 Å². The van der Waals surface area contributed by atoms with E-state index in [9.17, 15) is 22.5 Å². The summed E-state index contributed by atoms with van der Waals surface area (Å²) in [4.78, 5) is 21.0. The van der Waals surface area contributed by atoms with E-state index in [0.29, 0.717) is 28.2 Å². The maximum atomic E-state index is 13.0. The summed E-state index contributed by atoms with van der Waals surface area (Å²) in [5.74, 6) is -0.215. The second-order valence-corrected chi connectivity index (χ2v) is 8.78. The van der Waals surface area contributed by atoms with Gasteiger partial charge in [0.2, 0.25) is 0 Å². The summed E-state index contributed by atoms with van der Waals surface area (Å²) in [6, 6.07) is 9.27. The summed E-state index contributed by atoms with van der Waals surface area (Å²) in [7, 11) is 1.70. The van der Waals surface area contributed by atoms with Gasteiger partial charge in [0.25, 0.3) is 5.91 Å². The molecule has 0 aliphatic carbocycles. The van der Waals surface area contributed by atoms with Gasteiger partial charge in [0.05, 0.1) is 10.9 Å². The second kappa shape index (κ2) is 8.95. The van der Waals surface area contributed by atoms with E-state index in [1.54, 1.807) is 25.2 Å². The van der Waals surface area contributed by atoms with Gasteiger partial charge in [-0.3, -0.25) is 4.79 Å². The molecule has 1 atom stereocenters. The molecule has 0 saturated carbocycles. The Balaban J connectivity index is 1.59. The Hall–Kier alpha value is -3.64. The van der Waals surface area contributed by atoms with Crippen LogP contribution in [0.2, 0.25) is 0 Å². The minimum absolute atomic E-state index is 0.109. The van der Waals surface area contributed by atoms with E-state index in [1.165, 1.54) is 29.3 Å². The van der Waals surface area contributed by atoms with E-state index in [2.05, 4.69) is 25.7 Å². The van der Waals surface area contributed by atoms with Crippen LogP contribution in [0.1, 0.15) is 21.5 Å². The Labute approximate surface area is 195 Å². The molecule has 2 aromatic carbocycles. The molecule has 0 bridgehead atoms. The van der Waals surface area contributed by atoms with Crippen LogP contribution >= 0.6 is 0 Å². The first-order valence-electron chi connectivity index (χ1n) is 9.92. The third-order valence-electron chi connectivity index (χ3n) is 5.02. The molecule has 2 aromatic heterocycles. The van der Waals surface area contributed by atoms with Crippen molar-refractivity contribution in [3.05, 3.63) is 65.4 Å². The largest absolute Gasteiger partial charge is 0.609 e. The molecule has 4 rings (SSSR count). The van der Waals surface area contributed by atoms with Gasteiger partial charge in [0.15, 0.2) is 11.5 Å². The van der Waals surface area contributed by atoms with Gasteiger partial charge in [-0.05, 0) is 42.8 Å². The summed E-state index contributed by atoms with van der Waals surface area (Å²) >= 11 is -1.34. The number of rotatable bonds is 5. The smallest absolute Gasteiger partial charge is 0.416 e. The first-order valence-corrected chi connectivity index (χ1v) is 11.5. The fourth-order valence-electron chi connectivity index (χ4n) is 3.25. The number of alkyl halides is 3. The minimum atomic E-state index is -4.54. The van der Waals surface area contributed by atoms with Crippen LogP contribution in [0.4, 0.5) is 30.4 Å². The number of anilines is 3. The molecule has 8 nitrogen and oxygen atoms in total. The summed E-state index contributed by atoms with van der Waals surface area (Å²) in [5.41, 5.74) is 1.32. The predicted molar refractivity (Wildman–Crippen MR) is 122 cm³/mol. The zero-order chi connectivity index (χ0) is 24.6. The molecule has 0 radical (unpaired) electrons. The highest BCUT2D eigenvalue weighted by Gasteiger charge is 2.31. The molecular formula is C22H19F3N6O2S. The molecule has 0 fully saturated rings. The van der Waals surface area contributed by atoms with Crippen LogP contribution in [0.15, 0.2) is 53.8 Å². The van der Waals surface area contributed by atoms with Crippen molar-refractivity contribution in [2.45, 2.75) is 18.3 Å². The monoisotopic (exact) mass is 488 g/mol. The summed E-state index contributed by atoms with van der Waals surface area (Å²) in [5, 5.41) is 11.0. The number of hydrogen-bond acceptors (Lipinski definition) is 6. The van der Waals surface area contributed by atoms with Crippen molar-refractivity contribution in [1.82, 2.24) is 19.7 Å². The van der Waals surface area contributed by atoms with Crippen molar-refractivity contribution in [3.63, 3.8) is 0 Å². The number of nitrogens with one attached hydrogen (secondary N) is 2. The average Bonchev–Trinajstić information content (AvgIpc) is 3.10. The van der Waals surface area contributed by atoms with Crippen molar-refractivity contribution in [3.8, 4) is 0 Å². The molecule has 12 heteroatoms. The molecule has 176 valence electrons. The van der Waals surface area contributed by atoms with E-state index in [4.69, 9.17) is 0 Å². The zero-order valence-corrected chi connectivity index (χ0v) is 19.1. The number of halogens is 3. The quantitative estimate of drug-likeness (QED) is 0.318. The summed E-state index contributed by atoms with van der Waals surface area (Å²) in [6.07, 6.45) is -1.53. The highest BCUT2D eigenvalue weighted by atomic mass is 32.2. The van der Waals surface area contributed by atoms with Gasteiger partial charge in [-0.25, -0.2) is 4.68 Å². The van der Waals surface area contributed by atoms with Crippen LogP contribution in [-0.4, -0.2) is 36.5 Å². The molecule has 1 unspecified atom stereocenters. The molecule has 0 saturated heterocycles. The number of hydrogen-bond donors (Lipinski definition) is 2. The Bertz CT molecular complexity index is 1390. The molecule has 0 spiro atoms. The molecule has 2 heterocycles. The van der Waals surface area contributed by atoms with Gasteiger partial charge in [0, 0.05) is 41.4 Å². The van der Waals surface area contributed by atoms with Crippen molar-refractivity contribution in [1.29, 1.82) is 0 Å². The van der Waals surface area contributed by atoms with Crippen LogP contribution in [0.3, 0.4) is 0 Å². The van der Waals surface area contributed by atoms with Gasteiger partial charge in [-0.1, -0.05) is 12.1 Å². The minimum Gasteiger partial charge on any atom is -0.609 e. The fraction of sp³-hybridized carbons (Fsp3) is 0.182. The number of aryl methyl sites for hydroxylation is 2. The number of aromatic nitrogens is 4. The standard InChI is InChI=1S/C22H19F3N6O2S/c1-12-7-8-15(27-20(32)13-5-4-6-14(9-13)22(23,24)25)10-17(12)28-18-16-11-26-21(34(3)33)29-19(16)31(2)30-18/h4-11H,1-3H3,(H,27,32)(H,28,30). The third-order valence-corrected chi connectivity index (χ3v) is 5.73. The van der Waals surface area contributed by atoms with Gasteiger partial charge in [0.1, 0.15) is 6.26 Å². The maximum absolute atomic E-state index is 13.0. The first-order chi connectivity index (χ1) is 16.0. The highest BCUT2D eigenvalue weighted by molar-refractivity contribution is 7.90. The highest BCUT2D eigenvalue weighted by Crippen LogP contribution is 2.31. The van der Waals surface area contributed by atoms with Crippen LogP contribution in [0.5, 0.6) is 0 Å². The van der Waals surface area contributed by atoms with E-state index in [0.717, 1.165) is 17.7 Å². The average molecular weight is 488 g/mol. The van der Waals surface area contributed by atoms with Crippen LogP contribution in [0.25, 0.3) is 11.0 Å². The summed E-state index contributed by atoms with van der Waals surface area (Å²) in [6.45, 7) is 1.85. The molecule has 34 heavy (non-hydrogen) atoms. The second-order valence-electron chi connectivity index (χ2n) is 7.50. The fourth-order valence-corrected chi connectivity index (χ4v) is 3.67. The number of amides is 1. The van der Waals surface area contributed by atoms with E-state index in [1.807, 2.05) is 6.92 Å². The Morgan fingerprint density at radius 1 is 1.18 bits per heavy atom. The van der Waals surface area contributed by atoms with Crippen molar-refractivity contribution in [2.75, 3.05) is 16.9 Å². The maximum Gasteiger partial charge on any atom is 0.416 e.